The standard InChI is InChI=1S/C9H9N3O3/c1-9(11-12-9)7-5(8(14)15)2-4(13)3-6(7)10/h2-3,13H,10H2,1H3,(H,14,15). The van der Waals surface area contributed by atoms with Crippen molar-refractivity contribution in [3.05, 3.63) is 23.3 Å². The number of aromatic hydroxyl groups is 1. The van der Waals surface area contributed by atoms with Crippen LogP contribution in [0, 0.1) is 0 Å². The Bertz CT molecular complexity index is 476. The number of carboxylic acid groups (broad SMARTS) is 1. The van der Waals surface area contributed by atoms with Gasteiger partial charge in [0.05, 0.1) is 5.56 Å². The summed E-state index contributed by atoms with van der Waals surface area (Å²) in [6.45, 7) is 1.65. The van der Waals surface area contributed by atoms with Crippen LogP contribution < -0.4 is 5.73 Å². The van der Waals surface area contributed by atoms with Crippen molar-refractivity contribution in [2.24, 2.45) is 10.2 Å². The van der Waals surface area contributed by atoms with Gasteiger partial charge in [-0.05, 0) is 13.0 Å². The highest BCUT2D eigenvalue weighted by Crippen LogP contribution is 2.44. The lowest BCUT2D eigenvalue weighted by Gasteiger charge is -2.12. The summed E-state index contributed by atoms with van der Waals surface area (Å²) in [5.74, 6) is -1.34. The first-order valence-electron chi connectivity index (χ1n) is 4.24. The molecule has 0 fully saturated rings. The van der Waals surface area contributed by atoms with E-state index >= 15 is 0 Å². The van der Waals surface area contributed by atoms with E-state index < -0.39 is 11.6 Å². The summed E-state index contributed by atoms with van der Waals surface area (Å²) in [4.78, 5) is 11.0. The topological polar surface area (TPSA) is 108 Å². The molecule has 0 saturated heterocycles. The maximum Gasteiger partial charge on any atom is 0.336 e. The fraction of sp³-hybridized carbons (Fsp3) is 0.222. The molecule has 0 aliphatic carbocycles. The summed E-state index contributed by atoms with van der Waals surface area (Å²) in [6, 6.07) is 2.43. The van der Waals surface area contributed by atoms with Gasteiger partial charge in [0, 0.05) is 17.3 Å². The van der Waals surface area contributed by atoms with Crippen molar-refractivity contribution in [1.29, 1.82) is 0 Å². The van der Waals surface area contributed by atoms with Gasteiger partial charge < -0.3 is 15.9 Å². The van der Waals surface area contributed by atoms with Crippen molar-refractivity contribution >= 4 is 11.7 Å². The molecule has 15 heavy (non-hydrogen) atoms. The monoisotopic (exact) mass is 207 g/mol. The molecular weight excluding hydrogens is 198 g/mol. The number of anilines is 1. The molecule has 1 aromatic rings. The van der Waals surface area contributed by atoms with Crippen LogP contribution in [0.1, 0.15) is 22.8 Å². The fourth-order valence-electron chi connectivity index (χ4n) is 1.52. The molecule has 4 N–H and O–H groups in total. The summed E-state index contributed by atoms with van der Waals surface area (Å²) >= 11 is 0. The van der Waals surface area contributed by atoms with E-state index in [1.807, 2.05) is 0 Å². The van der Waals surface area contributed by atoms with Gasteiger partial charge in [0.15, 0.2) is 0 Å². The SMILES string of the molecule is CC1(c2c(N)cc(O)cc2C(=O)O)N=N1. The third-order valence-electron chi connectivity index (χ3n) is 2.26. The van der Waals surface area contributed by atoms with E-state index in [1.54, 1.807) is 6.92 Å². The van der Waals surface area contributed by atoms with E-state index in [-0.39, 0.29) is 17.0 Å². The lowest BCUT2D eigenvalue weighted by atomic mass is 9.96. The minimum absolute atomic E-state index is 0.0694. The molecule has 6 nitrogen and oxygen atoms in total. The van der Waals surface area contributed by atoms with E-state index in [9.17, 15) is 9.90 Å². The van der Waals surface area contributed by atoms with Crippen LogP contribution in [-0.4, -0.2) is 16.2 Å². The summed E-state index contributed by atoms with van der Waals surface area (Å²) in [5, 5.41) is 25.7. The highest BCUT2D eigenvalue weighted by molar-refractivity contribution is 5.92. The smallest absolute Gasteiger partial charge is 0.336 e. The van der Waals surface area contributed by atoms with Crippen LogP contribution >= 0.6 is 0 Å². The maximum atomic E-state index is 11.0. The molecular formula is C9H9N3O3. The molecule has 6 heteroatoms. The number of aromatic carboxylic acids is 1. The van der Waals surface area contributed by atoms with Gasteiger partial charge in [-0.15, -0.1) is 0 Å². The molecule has 0 amide bonds. The largest absolute Gasteiger partial charge is 0.508 e. The van der Waals surface area contributed by atoms with E-state index in [2.05, 4.69) is 10.2 Å². The van der Waals surface area contributed by atoms with Crippen molar-refractivity contribution in [1.82, 2.24) is 0 Å². The van der Waals surface area contributed by atoms with Gasteiger partial charge in [-0.25, -0.2) is 4.79 Å². The van der Waals surface area contributed by atoms with Crippen molar-refractivity contribution in [3.8, 4) is 5.75 Å². The highest BCUT2D eigenvalue weighted by atomic mass is 16.4. The van der Waals surface area contributed by atoms with Gasteiger partial charge in [-0.1, -0.05) is 0 Å². The summed E-state index contributed by atoms with van der Waals surface area (Å²) in [5.41, 5.74) is 5.21. The molecule has 0 spiro atoms. The zero-order valence-electron chi connectivity index (χ0n) is 7.93. The zero-order chi connectivity index (χ0) is 11.2. The normalized spacial score (nSPS) is 16.3. The highest BCUT2D eigenvalue weighted by Gasteiger charge is 2.41. The number of nitrogen functional groups attached to an aromatic ring is 1. The second kappa shape index (κ2) is 2.69. The molecule has 0 bridgehead atoms. The van der Waals surface area contributed by atoms with Crippen LogP contribution in [0.2, 0.25) is 0 Å². The summed E-state index contributed by atoms with van der Waals surface area (Å²) in [7, 11) is 0. The van der Waals surface area contributed by atoms with Crippen LogP contribution in [0.4, 0.5) is 5.69 Å². The molecule has 1 aliphatic rings. The molecule has 2 rings (SSSR count). The van der Waals surface area contributed by atoms with Crippen LogP contribution in [0.5, 0.6) is 5.75 Å². The predicted octanol–water partition coefficient (Wildman–Crippen LogP) is 1.31. The van der Waals surface area contributed by atoms with Crippen LogP contribution in [0.25, 0.3) is 0 Å². The van der Waals surface area contributed by atoms with E-state index in [4.69, 9.17) is 10.8 Å². The molecule has 1 heterocycles. The number of nitrogens with zero attached hydrogens (tertiary/aromatic N) is 2. The first-order valence-corrected chi connectivity index (χ1v) is 4.24. The molecule has 1 aliphatic heterocycles. The van der Waals surface area contributed by atoms with Crippen molar-refractivity contribution in [2.75, 3.05) is 5.73 Å². The van der Waals surface area contributed by atoms with E-state index in [1.165, 1.54) is 6.07 Å². The quantitative estimate of drug-likeness (QED) is 0.635. The first-order chi connectivity index (χ1) is 6.94. The van der Waals surface area contributed by atoms with Crippen molar-refractivity contribution in [2.45, 2.75) is 12.6 Å². The predicted molar refractivity (Wildman–Crippen MR) is 51.7 cm³/mol. The third-order valence-corrected chi connectivity index (χ3v) is 2.26. The maximum absolute atomic E-state index is 11.0. The van der Waals surface area contributed by atoms with E-state index in [0.29, 0.717) is 5.56 Å². The minimum Gasteiger partial charge on any atom is -0.508 e. The number of carbonyl (C=O) groups is 1. The fourth-order valence-corrected chi connectivity index (χ4v) is 1.52. The lowest BCUT2D eigenvalue weighted by Crippen LogP contribution is -2.13. The number of phenolic OH excluding ortho intramolecular Hbond substituents is 1. The lowest BCUT2D eigenvalue weighted by molar-refractivity contribution is 0.0694. The number of nitrogens with two attached hydrogens (primary N) is 1. The van der Waals surface area contributed by atoms with Gasteiger partial charge in [0.25, 0.3) is 0 Å². The number of carboxylic acids is 1. The Morgan fingerprint density at radius 2 is 2.07 bits per heavy atom. The van der Waals surface area contributed by atoms with Gasteiger partial charge in [0.1, 0.15) is 5.75 Å². The van der Waals surface area contributed by atoms with E-state index in [0.717, 1.165) is 6.07 Å². The Morgan fingerprint density at radius 1 is 1.47 bits per heavy atom. The van der Waals surface area contributed by atoms with Crippen LogP contribution in [0.3, 0.4) is 0 Å². The van der Waals surface area contributed by atoms with Gasteiger partial charge in [0.2, 0.25) is 5.66 Å². The van der Waals surface area contributed by atoms with Crippen LogP contribution in [-0.2, 0) is 5.66 Å². The second-order valence-electron chi connectivity index (χ2n) is 3.48. The zero-order valence-corrected chi connectivity index (χ0v) is 7.93. The molecule has 0 unspecified atom stereocenters. The van der Waals surface area contributed by atoms with Crippen LogP contribution in [0.15, 0.2) is 22.4 Å². The molecule has 0 aromatic heterocycles. The van der Waals surface area contributed by atoms with Crippen molar-refractivity contribution < 1.29 is 15.0 Å². The average molecular weight is 207 g/mol. The Balaban J connectivity index is 2.65. The second-order valence-corrected chi connectivity index (χ2v) is 3.48. The molecule has 0 atom stereocenters. The number of benzene rings is 1. The number of rotatable bonds is 2. The number of hydrogen-bond acceptors (Lipinski definition) is 5. The molecule has 1 aromatic carbocycles. The average Bonchev–Trinajstić information content (AvgIpc) is 2.82. The molecule has 0 radical (unpaired) electrons. The first kappa shape index (κ1) is 9.45. The van der Waals surface area contributed by atoms with Crippen molar-refractivity contribution in [3.63, 3.8) is 0 Å². The summed E-state index contributed by atoms with van der Waals surface area (Å²) in [6.07, 6.45) is 0. The Kier molecular flexibility index (Phi) is 1.69. The van der Waals surface area contributed by atoms with Gasteiger partial charge in [-0.2, -0.15) is 10.2 Å². The van der Waals surface area contributed by atoms with Gasteiger partial charge >= 0.3 is 5.97 Å². The third kappa shape index (κ3) is 1.39. The molecule has 78 valence electrons. The number of phenols is 1. The number of hydrogen-bond donors (Lipinski definition) is 3. The summed E-state index contributed by atoms with van der Waals surface area (Å²) < 4.78 is 0. The Labute approximate surface area is 85.1 Å². The molecule has 0 saturated carbocycles. The van der Waals surface area contributed by atoms with Gasteiger partial charge in [-0.3, -0.25) is 0 Å². The Hall–Kier alpha value is -2.11. The Morgan fingerprint density at radius 3 is 2.53 bits per heavy atom. The minimum atomic E-state index is -1.16.